The Morgan fingerprint density at radius 1 is 1.14 bits per heavy atom. The Morgan fingerprint density at radius 3 is 2.61 bits per heavy atom. The second-order valence-corrected chi connectivity index (χ2v) is 6.76. The van der Waals surface area contributed by atoms with E-state index in [2.05, 4.69) is 5.32 Å². The summed E-state index contributed by atoms with van der Waals surface area (Å²) in [6, 6.07) is 13.9. The molecule has 1 amide bonds. The first kappa shape index (κ1) is 19.7. The number of nitrogens with one attached hydrogen (secondary N) is 1. The van der Waals surface area contributed by atoms with E-state index < -0.39 is 19.0 Å². The Kier molecular flexibility index (Phi) is 5.82. The average Bonchev–Trinajstić information content (AvgIpc) is 2.97. The molecule has 8 heteroatoms. The highest BCUT2D eigenvalue weighted by molar-refractivity contribution is 6.43. The lowest BCUT2D eigenvalue weighted by atomic mass is 9.75. The molecule has 1 aromatic heterocycles. The zero-order valence-corrected chi connectivity index (χ0v) is 15.4. The van der Waals surface area contributed by atoms with Gasteiger partial charge in [0.05, 0.1) is 17.9 Å². The highest BCUT2D eigenvalue weighted by Gasteiger charge is 2.26. The molecule has 0 aliphatic heterocycles. The first-order valence-electron chi connectivity index (χ1n) is 8.86. The average molecular weight is 380 g/mol. The van der Waals surface area contributed by atoms with E-state index in [0.29, 0.717) is 5.56 Å². The molecule has 3 rings (SSSR count). The zero-order chi connectivity index (χ0) is 20.3. The summed E-state index contributed by atoms with van der Waals surface area (Å²) in [6.45, 7) is 0. The summed E-state index contributed by atoms with van der Waals surface area (Å²) in [4.78, 5) is 23.6. The number of aryl methyl sites for hydroxylation is 1. The Labute approximate surface area is 162 Å². The molecule has 0 saturated heterocycles. The normalized spacial score (nSPS) is 12.0. The predicted molar refractivity (Wildman–Crippen MR) is 106 cm³/mol. The van der Waals surface area contributed by atoms with E-state index in [-0.39, 0.29) is 24.3 Å². The topological polar surface area (TPSA) is 112 Å². The minimum absolute atomic E-state index is 0.0970. The minimum atomic E-state index is -1.77. The third-order valence-electron chi connectivity index (χ3n) is 4.67. The maximum absolute atomic E-state index is 12.5. The van der Waals surface area contributed by atoms with Gasteiger partial charge in [-0.15, -0.1) is 0 Å². The second kappa shape index (κ2) is 8.29. The number of amides is 1. The number of rotatable bonds is 7. The summed E-state index contributed by atoms with van der Waals surface area (Å²) in [5, 5.41) is 32.0. The molecule has 3 aromatic rings. The highest BCUT2D eigenvalue weighted by atomic mass is 16.4. The number of carbonyl (C=O) groups excluding carboxylic acids is 1. The standard InChI is InChI=1S/C20H21BN2O5/c1-23-12-15(16-7-2-3-8-17(16)23)11-19(24)22-18(21(27)28)10-13-5-4-6-14(9-13)20(25)26/h2-9,12,18,27-28H,10-11H2,1H3,(H,22,24)(H,25,26). The van der Waals surface area contributed by atoms with Gasteiger partial charge in [0, 0.05) is 24.1 Å². The molecule has 0 radical (unpaired) electrons. The van der Waals surface area contributed by atoms with Crippen LogP contribution in [-0.4, -0.2) is 44.7 Å². The number of hydrogen-bond acceptors (Lipinski definition) is 4. The molecule has 4 N–H and O–H groups in total. The number of hydrogen-bond donors (Lipinski definition) is 4. The minimum Gasteiger partial charge on any atom is -0.478 e. The van der Waals surface area contributed by atoms with E-state index in [9.17, 15) is 19.6 Å². The number of aromatic carboxylic acids is 1. The van der Waals surface area contributed by atoms with Gasteiger partial charge in [0.25, 0.3) is 0 Å². The molecule has 0 saturated carbocycles. The van der Waals surface area contributed by atoms with Gasteiger partial charge in [-0.2, -0.15) is 0 Å². The number of nitrogens with zero attached hydrogens (tertiary/aromatic N) is 1. The van der Waals surface area contributed by atoms with Crippen molar-refractivity contribution in [2.75, 3.05) is 0 Å². The van der Waals surface area contributed by atoms with Gasteiger partial charge in [-0.05, 0) is 35.7 Å². The van der Waals surface area contributed by atoms with Crippen LogP contribution in [0.5, 0.6) is 0 Å². The van der Waals surface area contributed by atoms with Crippen molar-refractivity contribution in [3.63, 3.8) is 0 Å². The van der Waals surface area contributed by atoms with Gasteiger partial charge in [0.2, 0.25) is 5.91 Å². The van der Waals surface area contributed by atoms with E-state index in [0.717, 1.165) is 16.5 Å². The molecule has 1 unspecified atom stereocenters. The van der Waals surface area contributed by atoms with Gasteiger partial charge < -0.3 is 25.0 Å². The lowest BCUT2D eigenvalue weighted by Crippen LogP contribution is -2.48. The van der Waals surface area contributed by atoms with Gasteiger partial charge in [-0.3, -0.25) is 4.79 Å². The van der Waals surface area contributed by atoms with Gasteiger partial charge in [-0.1, -0.05) is 30.3 Å². The molecule has 0 spiro atoms. The Hall–Kier alpha value is -3.10. The van der Waals surface area contributed by atoms with Gasteiger partial charge in [-0.25, -0.2) is 4.79 Å². The number of aromatic nitrogens is 1. The summed E-state index contributed by atoms with van der Waals surface area (Å²) in [6.07, 6.45) is 2.07. The predicted octanol–water partition coefficient (Wildman–Crippen LogP) is 1.16. The van der Waals surface area contributed by atoms with Crippen molar-refractivity contribution in [1.82, 2.24) is 9.88 Å². The lowest BCUT2D eigenvalue weighted by molar-refractivity contribution is -0.120. The fourth-order valence-electron chi connectivity index (χ4n) is 3.31. The second-order valence-electron chi connectivity index (χ2n) is 6.76. The summed E-state index contributed by atoms with van der Waals surface area (Å²) in [5.41, 5.74) is 2.54. The summed E-state index contributed by atoms with van der Waals surface area (Å²) >= 11 is 0. The summed E-state index contributed by atoms with van der Waals surface area (Å²) in [5.74, 6) is -2.36. The van der Waals surface area contributed by atoms with Crippen LogP contribution in [-0.2, 0) is 24.7 Å². The van der Waals surface area contributed by atoms with Gasteiger partial charge >= 0.3 is 13.1 Å². The number of para-hydroxylation sites is 1. The van der Waals surface area contributed by atoms with E-state index in [1.807, 2.05) is 42.1 Å². The van der Waals surface area contributed by atoms with Crippen LogP contribution < -0.4 is 5.32 Å². The van der Waals surface area contributed by atoms with Crippen LogP contribution in [0.4, 0.5) is 0 Å². The molecule has 0 aliphatic rings. The molecular formula is C20H21BN2O5. The smallest absolute Gasteiger partial charge is 0.475 e. The van der Waals surface area contributed by atoms with Crippen molar-refractivity contribution >= 4 is 29.9 Å². The Balaban J connectivity index is 1.72. The van der Waals surface area contributed by atoms with Crippen molar-refractivity contribution in [3.8, 4) is 0 Å². The third-order valence-corrected chi connectivity index (χ3v) is 4.67. The molecule has 144 valence electrons. The summed E-state index contributed by atoms with van der Waals surface area (Å²) < 4.78 is 1.94. The van der Waals surface area contributed by atoms with Crippen molar-refractivity contribution in [2.45, 2.75) is 18.8 Å². The molecule has 28 heavy (non-hydrogen) atoms. The van der Waals surface area contributed by atoms with Crippen LogP contribution >= 0.6 is 0 Å². The quantitative estimate of drug-likeness (QED) is 0.460. The number of carboxylic acid groups (broad SMARTS) is 1. The number of carbonyl (C=O) groups is 2. The molecular weight excluding hydrogens is 359 g/mol. The molecule has 7 nitrogen and oxygen atoms in total. The van der Waals surface area contributed by atoms with Crippen LogP contribution in [0.25, 0.3) is 10.9 Å². The SMILES string of the molecule is Cn1cc(CC(=O)NC(Cc2cccc(C(=O)O)c2)B(O)O)c2ccccc21. The van der Waals surface area contributed by atoms with E-state index in [1.165, 1.54) is 12.1 Å². The van der Waals surface area contributed by atoms with Crippen LogP contribution in [0.1, 0.15) is 21.5 Å². The van der Waals surface area contributed by atoms with Crippen molar-refractivity contribution < 1.29 is 24.7 Å². The monoisotopic (exact) mass is 380 g/mol. The molecule has 1 atom stereocenters. The lowest BCUT2D eigenvalue weighted by Gasteiger charge is -2.18. The molecule has 0 aliphatic carbocycles. The molecule has 0 bridgehead atoms. The van der Waals surface area contributed by atoms with E-state index in [4.69, 9.17) is 5.11 Å². The van der Waals surface area contributed by atoms with Crippen LogP contribution in [0.15, 0.2) is 54.7 Å². The fraction of sp³-hybridized carbons (Fsp3) is 0.200. The van der Waals surface area contributed by atoms with Crippen molar-refractivity contribution in [2.24, 2.45) is 7.05 Å². The fourth-order valence-corrected chi connectivity index (χ4v) is 3.31. The first-order chi connectivity index (χ1) is 13.3. The third kappa shape index (κ3) is 4.41. The van der Waals surface area contributed by atoms with E-state index >= 15 is 0 Å². The van der Waals surface area contributed by atoms with Gasteiger partial charge in [0.1, 0.15) is 0 Å². The van der Waals surface area contributed by atoms with E-state index in [1.54, 1.807) is 12.1 Å². The summed E-state index contributed by atoms with van der Waals surface area (Å²) in [7, 11) is 0.129. The van der Waals surface area contributed by atoms with Gasteiger partial charge in [0.15, 0.2) is 0 Å². The Morgan fingerprint density at radius 2 is 1.89 bits per heavy atom. The van der Waals surface area contributed by atoms with Crippen LogP contribution in [0, 0.1) is 0 Å². The van der Waals surface area contributed by atoms with Crippen molar-refractivity contribution in [1.29, 1.82) is 0 Å². The zero-order valence-electron chi connectivity index (χ0n) is 15.4. The largest absolute Gasteiger partial charge is 0.478 e. The van der Waals surface area contributed by atoms with Crippen molar-refractivity contribution in [3.05, 3.63) is 71.4 Å². The maximum atomic E-state index is 12.5. The number of fused-ring (bicyclic) bond motifs is 1. The van der Waals surface area contributed by atoms with Crippen LogP contribution in [0.3, 0.4) is 0 Å². The molecule has 0 fully saturated rings. The molecule has 1 heterocycles. The maximum Gasteiger partial charge on any atom is 0.475 e. The number of benzene rings is 2. The first-order valence-corrected chi connectivity index (χ1v) is 8.86. The Bertz CT molecular complexity index is 1010. The molecule has 2 aromatic carbocycles. The highest BCUT2D eigenvalue weighted by Crippen LogP contribution is 2.20. The van der Waals surface area contributed by atoms with Crippen LogP contribution in [0.2, 0.25) is 0 Å². The number of carboxylic acids is 1.